The van der Waals surface area contributed by atoms with Crippen molar-refractivity contribution >= 4 is 37.3 Å². The summed E-state index contributed by atoms with van der Waals surface area (Å²) < 4.78 is 66.1. The minimum atomic E-state index is -3.83. The Balaban J connectivity index is 1.69. The van der Waals surface area contributed by atoms with E-state index >= 15 is 0 Å². The van der Waals surface area contributed by atoms with Crippen LogP contribution in [0.15, 0.2) is 47.4 Å². The average molecular weight is 484 g/mol. The first-order valence-corrected chi connectivity index (χ1v) is 13.3. The number of rotatable bonds is 7. The molecule has 1 unspecified atom stereocenters. The molecule has 1 aliphatic heterocycles. The molecule has 2 aromatic carbocycles. The van der Waals surface area contributed by atoms with Gasteiger partial charge in [0.2, 0.25) is 26.0 Å². The SMILES string of the molecule is CCS(=O)(=O)Nc1ccc(NC(=O)C2CCCN(S(=O)(=O)c3ccc(F)cc3)C2)cc1C. The van der Waals surface area contributed by atoms with E-state index in [9.17, 15) is 26.0 Å². The Bertz CT molecular complexity index is 1200. The first-order valence-electron chi connectivity index (χ1n) is 10.2. The van der Waals surface area contributed by atoms with Crippen LogP contribution in [0.1, 0.15) is 25.3 Å². The lowest BCUT2D eigenvalue weighted by Crippen LogP contribution is -2.43. The lowest BCUT2D eigenvalue weighted by molar-refractivity contribution is -0.120. The summed E-state index contributed by atoms with van der Waals surface area (Å²) in [5.74, 6) is -1.43. The van der Waals surface area contributed by atoms with Gasteiger partial charge in [-0.1, -0.05) is 0 Å². The third-order valence-electron chi connectivity index (χ3n) is 5.35. The van der Waals surface area contributed by atoms with Crippen LogP contribution in [0.2, 0.25) is 0 Å². The summed E-state index contributed by atoms with van der Waals surface area (Å²) in [5.41, 5.74) is 1.56. The van der Waals surface area contributed by atoms with Gasteiger partial charge in [-0.3, -0.25) is 9.52 Å². The van der Waals surface area contributed by atoms with Crippen LogP contribution in [-0.2, 0) is 24.8 Å². The third-order valence-corrected chi connectivity index (χ3v) is 8.52. The van der Waals surface area contributed by atoms with Crippen molar-refractivity contribution in [3.63, 3.8) is 0 Å². The monoisotopic (exact) mass is 483 g/mol. The van der Waals surface area contributed by atoms with Gasteiger partial charge < -0.3 is 5.32 Å². The largest absolute Gasteiger partial charge is 0.326 e. The number of amides is 1. The minimum Gasteiger partial charge on any atom is -0.326 e. The van der Waals surface area contributed by atoms with E-state index in [0.29, 0.717) is 29.8 Å². The molecule has 2 aromatic rings. The molecular formula is C21H26FN3O5S2. The smallest absolute Gasteiger partial charge is 0.243 e. The Morgan fingerprint density at radius 1 is 1.12 bits per heavy atom. The number of benzene rings is 2. The summed E-state index contributed by atoms with van der Waals surface area (Å²) in [4.78, 5) is 12.8. The fourth-order valence-electron chi connectivity index (χ4n) is 3.47. The second kappa shape index (κ2) is 9.55. The Hall–Kier alpha value is -2.50. The molecule has 0 saturated carbocycles. The van der Waals surface area contributed by atoms with Crippen molar-refractivity contribution in [2.45, 2.75) is 31.6 Å². The summed E-state index contributed by atoms with van der Waals surface area (Å²) in [6.45, 7) is 3.57. The van der Waals surface area contributed by atoms with Gasteiger partial charge in [-0.15, -0.1) is 0 Å². The maximum Gasteiger partial charge on any atom is 0.243 e. The molecule has 0 aliphatic carbocycles. The van der Waals surface area contributed by atoms with Crippen molar-refractivity contribution < 1.29 is 26.0 Å². The number of nitrogens with one attached hydrogen (secondary N) is 2. The molecule has 8 nitrogen and oxygen atoms in total. The molecule has 0 spiro atoms. The predicted octanol–water partition coefficient (Wildman–Crippen LogP) is 2.94. The van der Waals surface area contributed by atoms with Crippen molar-refractivity contribution in [2.24, 2.45) is 5.92 Å². The van der Waals surface area contributed by atoms with Crippen LogP contribution in [0.3, 0.4) is 0 Å². The van der Waals surface area contributed by atoms with E-state index in [-0.39, 0.29) is 29.6 Å². The Kier molecular flexibility index (Phi) is 7.21. The van der Waals surface area contributed by atoms with Crippen LogP contribution in [0.4, 0.5) is 15.8 Å². The Morgan fingerprint density at radius 2 is 1.81 bits per heavy atom. The number of halogens is 1. The zero-order valence-corrected chi connectivity index (χ0v) is 19.5. The molecule has 1 fully saturated rings. The molecule has 0 radical (unpaired) electrons. The second-order valence-corrected chi connectivity index (χ2v) is 11.6. The summed E-state index contributed by atoms with van der Waals surface area (Å²) in [6, 6.07) is 9.43. The highest BCUT2D eigenvalue weighted by Gasteiger charge is 2.33. The Morgan fingerprint density at radius 3 is 2.44 bits per heavy atom. The summed E-state index contributed by atoms with van der Waals surface area (Å²) in [6.07, 6.45) is 1.06. The van der Waals surface area contributed by atoms with E-state index in [1.54, 1.807) is 25.1 Å². The molecule has 32 heavy (non-hydrogen) atoms. The van der Waals surface area contributed by atoms with Crippen LogP contribution in [0, 0.1) is 18.7 Å². The number of piperidine rings is 1. The fraction of sp³-hybridized carbons (Fsp3) is 0.381. The summed E-state index contributed by atoms with van der Waals surface area (Å²) >= 11 is 0. The second-order valence-electron chi connectivity index (χ2n) is 7.68. The van der Waals surface area contributed by atoms with Gasteiger partial charge in [-0.05, 0) is 74.7 Å². The molecule has 1 saturated heterocycles. The van der Waals surface area contributed by atoms with Gasteiger partial charge in [0.1, 0.15) is 5.82 Å². The number of aryl methyl sites for hydroxylation is 1. The molecule has 0 aromatic heterocycles. The Labute approximate surface area is 187 Å². The predicted molar refractivity (Wildman–Crippen MR) is 121 cm³/mol. The number of nitrogens with zero attached hydrogens (tertiary/aromatic N) is 1. The van der Waals surface area contributed by atoms with Crippen molar-refractivity contribution in [1.82, 2.24) is 4.31 Å². The van der Waals surface area contributed by atoms with E-state index in [4.69, 9.17) is 0 Å². The molecule has 11 heteroatoms. The standard InChI is InChI=1S/C21H26FN3O5S2/c1-3-31(27,28)24-20-11-8-18(13-15(20)2)23-21(26)16-5-4-12-25(14-16)32(29,30)19-9-6-17(22)7-10-19/h6-11,13,16,24H,3-5,12,14H2,1-2H3,(H,23,26). The fourth-order valence-corrected chi connectivity index (χ4v) is 5.70. The summed E-state index contributed by atoms with van der Waals surface area (Å²) in [5, 5.41) is 2.79. The average Bonchev–Trinajstić information content (AvgIpc) is 2.76. The maximum atomic E-state index is 13.1. The first kappa shape index (κ1) is 24.1. The molecular weight excluding hydrogens is 457 g/mol. The number of carbonyl (C=O) groups excluding carboxylic acids is 1. The summed E-state index contributed by atoms with van der Waals surface area (Å²) in [7, 11) is -7.24. The van der Waals surface area contributed by atoms with Gasteiger partial charge in [-0.25, -0.2) is 21.2 Å². The molecule has 1 aliphatic rings. The zero-order valence-electron chi connectivity index (χ0n) is 17.8. The number of anilines is 2. The van der Waals surface area contributed by atoms with E-state index in [1.165, 1.54) is 23.4 Å². The number of sulfonamides is 2. The molecule has 3 rings (SSSR count). The van der Waals surface area contributed by atoms with Gasteiger partial charge in [0.15, 0.2) is 0 Å². The van der Waals surface area contributed by atoms with E-state index in [2.05, 4.69) is 10.0 Å². The molecule has 174 valence electrons. The lowest BCUT2D eigenvalue weighted by Gasteiger charge is -2.31. The number of hydrogen-bond donors (Lipinski definition) is 2. The van der Waals surface area contributed by atoms with Gasteiger partial charge in [-0.2, -0.15) is 4.31 Å². The highest BCUT2D eigenvalue weighted by molar-refractivity contribution is 7.92. The van der Waals surface area contributed by atoms with Crippen LogP contribution in [0.5, 0.6) is 0 Å². The van der Waals surface area contributed by atoms with E-state index < -0.39 is 31.8 Å². The number of hydrogen-bond acceptors (Lipinski definition) is 5. The van der Waals surface area contributed by atoms with Crippen LogP contribution in [0.25, 0.3) is 0 Å². The quantitative estimate of drug-likeness (QED) is 0.629. The maximum absolute atomic E-state index is 13.1. The minimum absolute atomic E-state index is 0.0132. The lowest BCUT2D eigenvalue weighted by atomic mass is 9.98. The molecule has 0 bridgehead atoms. The van der Waals surface area contributed by atoms with Gasteiger partial charge in [0.25, 0.3) is 0 Å². The first-order chi connectivity index (χ1) is 15.0. The van der Waals surface area contributed by atoms with Gasteiger partial charge in [0.05, 0.1) is 22.3 Å². The van der Waals surface area contributed by atoms with Crippen LogP contribution >= 0.6 is 0 Å². The van der Waals surface area contributed by atoms with Crippen LogP contribution < -0.4 is 10.0 Å². The van der Waals surface area contributed by atoms with E-state index in [0.717, 1.165) is 12.1 Å². The topological polar surface area (TPSA) is 113 Å². The normalized spacial score (nSPS) is 17.7. The highest BCUT2D eigenvalue weighted by atomic mass is 32.2. The van der Waals surface area contributed by atoms with Crippen LogP contribution in [-0.4, -0.2) is 45.9 Å². The van der Waals surface area contributed by atoms with Crippen molar-refractivity contribution in [1.29, 1.82) is 0 Å². The third kappa shape index (κ3) is 5.64. The van der Waals surface area contributed by atoms with Crippen molar-refractivity contribution in [3.8, 4) is 0 Å². The number of carbonyl (C=O) groups is 1. The molecule has 1 heterocycles. The van der Waals surface area contributed by atoms with E-state index in [1.807, 2.05) is 0 Å². The van der Waals surface area contributed by atoms with Gasteiger partial charge >= 0.3 is 0 Å². The van der Waals surface area contributed by atoms with Crippen molar-refractivity contribution in [3.05, 3.63) is 53.8 Å². The van der Waals surface area contributed by atoms with Crippen molar-refractivity contribution in [2.75, 3.05) is 28.9 Å². The molecule has 1 amide bonds. The molecule has 2 N–H and O–H groups in total. The highest BCUT2D eigenvalue weighted by Crippen LogP contribution is 2.26. The molecule has 1 atom stereocenters. The zero-order chi connectivity index (χ0) is 23.5. The van der Waals surface area contributed by atoms with Gasteiger partial charge in [0, 0.05) is 18.8 Å².